The maximum Gasteiger partial charge on any atom is 0.230 e. The van der Waals surface area contributed by atoms with Crippen LogP contribution in [0.2, 0.25) is 5.02 Å². The van der Waals surface area contributed by atoms with Crippen LogP contribution in [0.5, 0.6) is 0 Å². The third-order valence-corrected chi connectivity index (χ3v) is 4.52. The van der Waals surface area contributed by atoms with Crippen LogP contribution in [0.3, 0.4) is 0 Å². The van der Waals surface area contributed by atoms with Crippen LogP contribution in [0.15, 0.2) is 47.8 Å². The van der Waals surface area contributed by atoms with E-state index < -0.39 is 0 Å². The Hall–Kier alpha value is -2.37. The van der Waals surface area contributed by atoms with Gasteiger partial charge in [0, 0.05) is 21.8 Å². The Balaban J connectivity index is 1.61. The van der Waals surface area contributed by atoms with Crippen molar-refractivity contribution in [2.75, 3.05) is 10.6 Å². The number of carbonyl (C=O) groups excluding carboxylic acids is 1. The molecule has 2 aromatic carbocycles. The van der Waals surface area contributed by atoms with Gasteiger partial charge in [-0.1, -0.05) is 23.7 Å². The zero-order valence-corrected chi connectivity index (χ0v) is 15.5. The van der Waals surface area contributed by atoms with Crippen LogP contribution >= 0.6 is 22.9 Å². The molecule has 0 saturated heterocycles. The molecule has 0 unspecified atom stereocenters. The molecule has 0 aliphatic heterocycles. The van der Waals surface area contributed by atoms with Crippen molar-refractivity contribution in [3.8, 4) is 0 Å². The van der Waals surface area contributed by atoms with Crippen LogP contribution in [0.1, 0.15) is 16.8 Å². The minimum absolute atomic E-state index is 0.0791. The van der Waals surface area contributed by atoms with Gasteiger partial charge >= 0.3 is 0 Å². The summed E-state index contributed by atoms with van der Waals surface area (Å²) in [4.78, 5) is 16.7. The minimum atomic E-state index is -0.0791. The van der Waals surface area contributed by atoms with Crippen LogP contribution in [0, 0.1) is 13.8 Å². The molecule has 3 aromatic rings. The minimum Gasteiger partial charge on any atom is -0.331 e. The second-order valence-corrected chi connectivity index (χ2v) is 7.18. The molecule has 0 fully saturated rings. The van der Waals surface area contributed by atoms with E-state index in [2.05, 4.69) is 21.7 Å². The van der Waals surface area contributed by atoms with Gasteiger partial charge in [-0.3, -0.25) is 4.79 Å². The average Bonchev–Trinajstić information content (AvgIpc) is 2.92. The van der Waals surface area contributed by atoms with Gasteiger partial charge in [0.2, 0.25) is 5.91 Å². The molecule has 0 aliphatic carbocycles. The van der Waals surface area contributed by atoms with Gasteiger partial charge in [-0.15, -0.1) is 11.3 Å². The molecule has 4 nitrogen and oxygen atoms in total. The number of carbonyl (C=O) groups is 1. The summed E-state index contributed by atoms with van der Waals surface area (Å²) in [5.74, 6) is -0.0791. The summed E-state index contributed by atoms with van der Waals surface area (Å²) < 4.78 is 0. The molecule has 2 N–H and O–H groups in total. The van der Waals surface area contributed by atoms with Crippen LogP contribution in [-0.4, -0.2) is 10.9 Å². The number of amides is 1. The lowest BCUT2D eigenvalue weighted by atomic mass is 10.1. The Morgan fingerprint density at radius 3 is 2.60 bits per heavy atom. The van der Waals surface area contributed by atoms with Gasteiger partial charge in [0.15, 0.2) is 5.13 Å². The lowest BCUT2D eigenvalue weighted by Crippen LogP contribution is -2.14. The van der Waals surface area contributed by atoms with E-state index in [1.807, 2.05) is 55.6 Å². The molecular formula is C19H18ClN3OS. The molecule has 0 saturated carbocycles. The summed E-state index contributed by atoms with van der Waals surface area (Å²) in [7, 11) is 0. The highest BCUT2D eigenvalue weighted by Crippen LogP contribution is 2.23. The van der Waals surface area contributed by atoms with E-state index in [1.165, 1.54) is 11.3 Å². The van der Waals surface area contributed by atoms with Crippen LogP contribution in [0.25, 0.3) is 0 Å². The Kier molecular flexibility index (Phi) is 5.36. The predicted molar refractivity (Wildman–Crippen MR) is 105 cm³/mol. The number of thiazole rings is 1. The van der Waals surface area contributed by atoms with E-state index in [0.29, 0.717) is 5.02 Å². The zero-order chi connectivity index (χ0) is 17.8. The van der Waals surface area contributed by atoms with E-state index in [9.17, 15) is 4.79 Å². The van der Waals surface area contributed by atoms with Crippen molar-refractivity contribution in [2.45, 2.75) is 20.3 Å². The molecule has 0 spiro atoms. The fraction of sp³-hybridized carbons (Fsp3) is 0.158. The molecular weight excluding hydrogens is 354 g/mol. The van der Waals surface area contributed by atoms with Crippen LogP contribution < -0.4 is 10.6 Å². The number of aryl methyl sites for hydroxylation is 2. The van der Waals surface area contributed by atoms with Crippen molar-refractivity contribution in [1.29, 1.82) is 0 Å². The Morgan fingerprint density at radius 1 is 1.12 bits per heavy atom. The number of rotatable bonds is 5. The monoisotopic (exact) mass is 371 g/mol. The normalized spacial score (nSPS) is 10.5. The Bertz CT molecular complexity index is 887. The smallest absolute Gasteiger partial charge is 0.230 e. The standard InChI is InChI=1S/C19H18ClN3OS/c1-12-6-13(2)8-16(7-12)21-18(24)10-17-11-25-19(23-17)22-15-5-3-4-14(20)9-15/h3-9,11H,10H2,1-2H3,(H,21,24)(H,22,23). The van der Waals surface area contributed by atoms with Gasteiger partial charge in [-0.25, -0.2) is 4.98 Å². The highest BCUT2D eigenvalue weighted by Gasteiger charge is 2.09. The number of hydrogen-bond acceptors (Lipinski definition) is 4. The average molecular weight is 372 g/mol. The summed E-state index contributed by atoms with van der Waals surface area (Å²) in [5.41, 5.74) is 4.66. The predicted octanol–water partition coefficient (Wildman–Crippen LogP) is 5.34. The first-order chi connectivity index (χ1) is 12.0. The third kappa shape index (κ3) is 5.05. The first kappa shape index (κ1) is 17.5. The van der Waals surface area contributed by atoms with Gasteiger partial charge < -0.3 is 10.6 Å². The highest BCUT2D eigenvalue weighted by atomic mass is 35.5. The van der Waals surface area contributed by atoms with E-state index in [1.54, 1.807) is 0 Å². The number of nitrogens with zero attached hydrogens (tertiary/aromatic N) is 1. The lowest BCUT2D eigenvalue weighted by Gasteiger charge is -2.06. The molecule has 3 rings (SSSR count). The fourth-order valence-corrected chi connectivity index (χ4v) is 3.47. The SMILES string of the molecule is Cc1cc(C)cc(NC(=O)Cc2csc(Nc3cccc(Cl)c3)n2)c1. The summed E-state index contributed by atoms with van der Waals surface area (Å²) in [6, 6.07) is 13.4. The molecule has 25 heavy (non-hydrogen) atoms. The third-order valence-electron chi connectivity index (χ3n) is 3.47. The largest absolute Gasteiger partial charge is 0.331 e. The second-order valence-electron chi connectivity index (χ2n) is 5.88. The van der Waals surface area contributed by atoms with Crippen molar-refractivity contribution in [3.05, 3.63) is 69.7 Å². The topological polar surface area (TPSA) is 54.0 Å². The van der Waals surface area contributed by atoms with E-state index in [4.69, 9.17) is 11.6 Å². The Morgan fingerprint density at radius 2 is 1.88 bits per heavy atom. The van der Waals surface area contributed by atoms with E-state index in [0.717, 1.165) is 33.3 Å². The van der Waals surface area contributed by atoms with E-state index >= 15 is 0 Å². The van der Waals surface area contributed by atoms with Crippen LogP contribution in [0.4, 0.5) is 16.5 Å². The first-order valence-corrected chi connectivity index (χ1v) is 9.09. The molecule has 0 aliphatic rings. The second kappa shape index (κ2) is 7.68. The molecule has 0 atom stereocenters. The summed E-state index contributed by atoms with van der Waals surface area (Å²) in [6.07, 6.45) is 0.237. The van der Waals surface area contributed by atoms with Crippen molar-refractivity contribution in [1.82, 2.24) is 4.98 Å². The maximum absolute atomic E-state index is 12.2. The summed E-state index contributed by atoms with van der Waals surface area (Å²) in [5, 5.41) is 9.40. The molecule has 1 heterocycles. The number of anilines is 3. The van der Waals surface area contributed by atoms with Gasteiger partial charge in [0.1, 0.15) is 0 Å². The quantitative estimate of drug-likeness (QED) is 0.636. The number of benzene rings is 2. The molecule has 128 valence electrons. The lowest BCUT2D eigenvalue weighted by molar-refractivity contribution is -0.115. The molecule has 0 bridgehead atoms. The molecule has 1 amide bonds. The van der Waals surface area contributed by atoms with Gasteiger partial charge in [-0.05, 0) is 55.3 Å². The molecule has 0 radical (unpaired) electrons. The zero-order valence-electron chi connectivity index (χ0n) is 14.0. The summed E-state index contributed by atoms with van der Waals surface area (Å²) >= 11 is 7.43. The molecule has 1 aromatic heterocycles. The van der Waals surface area contributed by atoms with Crippen molar-refractivity contribution in [2.24, 2.45) is 0 Å². The highest BCUT2D eigenvalue weighted by molar-refractivity contribution is 7.13. The van der Waals surface area contributed by atoms with Crippen molar-refractivity contribution >= 4 is 45.4 Å². The Labute approximate surface area is 155 Å². The van der Waals surface area contributed by atoms with Gasteiger partial charge in [-0.2, -0.15) is 0 Å². The maximum atomic E-state index is 12.2. The van der Waals surface area contributed by atoms with Gasteiger partial charge in [0.25, 0.3) is 0 Å². The number of halogens is 1. The van der Waals surface area contributed by atoms with Gasteiger partial charge in [0.05, 0.1) is 12.1 Å². The summed E-state index contributed by atoms with van der Waals surface area (Å²) in [6.45, 7) is 4.02. The van der Waals surface area contributed by atoms with Crippen molar-refractivity contribution in [3.63, 3.8) is 0 Å². The number of aromatic nitrogens is 1. The van der Waals surface area contributed by atoms with Crippen LogP contribution in [-0.2, 0) is 11.2 Å². The number of hydrogen-bond donors (Lipinski definition) is 2. The molecule has 6 heteroatoms. The first-order valence-electron chi connectivity index (χ1n) is 7.83. The van der Waals surface area contributed by atoms with E-state index in [-0.39, 0.29) is 12.3 Å². The fourth-order valence-electron chi connectivity index (χ4n) is 2.55. The number of nitrogens with one attached hydrogen (secondary N) is 2. The van der Waals surface area contributed by atoms with Crippen molar-refractivity contribution < 1.29 is 4.79 Å².